The Morgan fingerprint density at radius 3 is 1.58 bits per heavy atom. The molecule has 1 aliphatic heterocycles. The summed E-state index contributed by atoms with van der Waals surface area (Å²) in [6.07, 6.45) is 0. The summed E-state index contributed by atoms with van der Waals surface area (Å²) in [6.45, 7) is 9.34. The van der Waals surface area contributed by atoms with Gasteiger partial charge in [0.05, 0.1) is 0 Å². The molecule has 0 aromatic heterocycles. The van der Waals surface area contributed by atoms with Gasteiger partial charge < -0.3 is 4.12 Å². The summed E-state index contributed by atoms with van der Waals surface area (Å²) in [7, 11) is -6.83. The molecular formula is C5H16O4PSi2+. The van der Waals surface area contributed by atoms with Crippen molar-refractivity contribution < 1.29 is 17.4 Å². The normalized spacial score (nSPS) is 31.5. The SMILES string of the molecule is C[Si]1(C)O[Si](C)(C)O[P+](C)(O)O1. The lowest BCUT2D eigenvalue weighted by molar-refractivity contribution is 0.233. The molecule has 0 aromatic rings. The smallest absolute Gasteiger partial charge is 0.388 e. The molecule has 0 bridgehead atoms. The predicted molar refractivity (Wildman–Crippen MR) is 53.3 cm³/mol. The van der Waals surface area contributed by atoms with E-state index in [1.165, 1.54) is 0 Å². The van der Waals surface area contributed by atoms with Crippen LogP contribution in [0.5, 0.6) is 0 Å². The fourth-order valence-electron chi connectivity index (χ4n) is 1.46. The van der Waals surface area contributed by atoms with Gasteiger partial charge in [0, 0.05) is 0 Å². The highest BCUT2D eigenvalue weighted by Gasteiger charge is 2.58. The maximum Gasteiger partial charge on any atom is 0.388 e. The lowest BCUT2D eigenvalue weighted by Crippen LogP contribution is -2.52. The molecule has 1 N–H and O–H groups in total. The highest BCUT2D eigenvalue weighted by molar-refractivity contribution is 7.63. The van der Waals surface area contributed by atoms with Crippen molar-refractivity contribution in [3.8, 4) is 0 Å². The van der Waals surface area contributed by atoms with Crippen molar-refractivity contribution in [2.75, 3.05) is 6.66 Å². The zero-order valence-electron chi connectivity index (χ0n) is 8.12. The van der Waals surface area contributed by atoms with E-state index in [9.17, 15) is 4.89 Å². The van der Waals surface area contributed by atoms with E-state index < -0.39 is 25.1 Å². The molecule has 72 valence electrons. The van der Waals surface area contributed by atoms with Gasteiger partial charge in [0.15, 0.2) is 0 Å². The maximum absolute atomic E-state index is 9.70. The monoisotopic (exact) mass is 227 g/mol. The Morgan fingerprint density at radius 1 is 1.00 bits per heavy atom. The molecule has 1 heterocycles. The first kappa shape index (κ1) is 10.8. The molecule has 1 aliphatic rings. The predicted octanol–water partition coefficient (Wildman–Crippen LogP) is 1.84. The van der Waals surface area contributed by atoms with Crippen LogP contribution < -0.4 is 0 Å². The molecular weight excluding hydrogens is 211 g/mol. The molecule has 12 heavy (non-hydrogen) atoms. The summed E-state index contributed by atoms with van der Waals surface area (Å²) in [5.74, 6) is 0. The molecule has 4 nitrogen and oxygen atoms in total. The van der Waals surface area contributed by atoms with Crippen LogP contribution in [0, 0.1) is 0 Å². The zero-order valence-corrected chi connectivity index (χ0v) is 11.0. The third-order valence-corrected chi connectivity index (χ3v) is 11.4. The Labute approximate surface area is 75.9 Å². The van der Waals surface area contributed by atoms with E-state index in [1.807, 2.05) is 26.2 Å². The highest BCUT2D eigenvalue weighted by Crippen LogP contribution is 2.60. The van der Waals surface area contributed by atoms with Gasteiger partial charge >= 0.3 is 25.1 Å². The van der Waals surface area contributed by atoms with Crippen LogP contribution in [0.15, 0.2) is 0 Å². The largest absolute Gasteiger partial charge is 0.410 e. The standard InChI is InChI=1S/C5H16O4PSi2/c1-10(6)7-11(2,3)9-12(4,5)8-10/h6H,1-5H3/q+1. The van der Waals surface area contributed by atoms with Crippen molar-refractivity contribution in [1.82, 2.24) is 0 Å². The molecule has 0 radical (unpaired) electrons. The third-order valence-electron chi connectivity index (χ3n) is 1.27. The Kier molecular flexibility index (Phi) is 2.56. The maximum atomic E-state index is 9.70. The Hall–Kier alpha value is 0.704. The van der Waals surface area contributed by atoms with Gasteiger partial charge in [0.1, 0.15) is 6.66 Å². The molecule has 1 rings (SSSR count). The third kappa shape index (κ3) is 2.88. The van der Waals surface area contributed by atoms with Crippen LogP contribution >= 0.6 is 7.94 Å². The van der Waals surface area contributed by atoms with Crippen LogP contribution in [0.4, 0.5) is 0 Å². The molecule has 7 heteroatoms. The van der Waals surface area contributed by atoms with Crippen LogP contribution in [-0.2, 0) is 12.5 Å². The Morgan fingerprint density at radius 2 is 1.33 bits per heavy atom. The first-order chi connectivity index (χ1) is 5.12. The summed E-state index contributed by atoms with van der Waals surface area (Å²) in [6, 6.07) is 0. The van der Waals surface area contributed by atoms with Crippen molar-refractivity contribution in [2.45, 2.75) is 26.2 Å². The number of hydrogen-bond acceptors (Lipinski definition) is 4. The minimum absolute atomic E-state index is 1.62. The van der Waals surface area contributed by atoms with E-state index in [4.69, 9.17) is 12.5 Å². The lowest BCUT2D eigenvalue weighted by Gasteiger charge is -2.37. The molecule has 0 spiro atoms. The van der Waals surface area contributed by atoms with Crippen LogP contribution in [0.3, 0.4) is 0 Å². The van der Waals surface area contributed by atoms with Crippen LogP contribution in [0.25, 0.3) is 0 Å². The van der Waals surface area contributed by atoms with Crippen LogP contribution in [0.1, 0.15) is 0 Å². The van der Waals surface area contributed by atoms with Gasteiger partial charge in [0.2, 0.25) is 0 Å². The van der Waals surface area contributed by atoms with Gasteiger partial charge in [-0.25, -0.2) is 0 Å². The summed E-state index contributed by atoms with van der Waals surface area (Å²) >= 11 is 0. The second-order valence-corrected chi connectivity index (χ2v) is 13.4. The topological polar surface area (TPSA) is 47.9 Å². The Bertz CT molecular complexity index is 149. The van der Waals surface area contributed by atoms with Crippen LogP contribution in [-0.4, -0.2) is 28.7 Å². The molecule has 0 amide bonds. The molecule has 0 aliphatic carbocycles. The van der Waals surface area contributed by atoms with E-state index in [2.05, 4.69) is 0 Å². The van der Waals surface area contributed by atoms with E-state index in [0.717, 1.165) is 0 Å². The molecule has 0 atom stereocenters. The average molecular weight is 227 g/mol. The number of rotatable bonds is 0. The minimum Gasteiger partial charge on any atom is -0.410 e. The molecule has 0 aromatic carbocycles. The van der Waals surface area contributed by atoms with Gasteiger partial charge in [0.25, 0.3) is 0 Å². The second kappa shape index (κ2) is 2.85. The number of hydrogen-bond donors (Lipinski definition) is 1. The molecule has 0 unspecified atom stereocenters. The molecule has 1 fully saturated rings. The lowest BCUT2D eigenvalue weighted by atomic mass is 11.9. The first-order valence-corrected chi connectivity index (χ1v) is 11.5. The summed E-state index contributed by atoms with van der Waals surface area (Å²) < 4.78 is 16.5. The van der Waals surface area contributed by atoms with Crippen molar-refractivity contribution in [1.29, 1.82) is 0 Å². The van der Waals surface area contributed by atoms with Crippen LogP contribution in [0.2, 0.25) is 26.2 Å². The summed E-state index contributed by atoms with van der Waals surface area (Å²) in [5, 5.41) is 0. The Balaban J connectivity index is 2.81. The van der Waals surface area contributed by atoms with E-state index in [1.54, 1.807) is 6.66 Å². The van der Waals surface area contributed by atoms with E-state index >= 15 is 0 Å². The van der Waals surface area contributed by atoms with Gasteiger partial charge in [-0.3, -0.25) is 0 Å². The van der Waals surface area contributed by atoms with Gasteiger partial charge in [-0.15, -0.1) is 0 Å². The molecule has 1 saturated heterocycles. The fourth-order valence-corrected chi connectivity index (χ4v) is 14.2. The van der Waals surface area contributed by atoms with Crippen molar-refractivity contribution in [3.63, 3.8) is 0 Å². The van der Waals surface area contributed by atoms with Crippen molar-refractivity contribution >= 4 is 25.1 Å². The zero-order chi connectivity index (χ0) is 9.62. The second-order valence-electron chi connectivity index (χ2n) is 3.89. The van der Waals surface area contributed by atoms with Crippen molar-refractivity contribution in [2.24, 2.45) is 0 Å². The van der Waals surface area contributed by atoms with Gasteiger partial charge in [-0.2, -0.15) is 13.3 Å². The fraction of sp³-hybridized carbons (Fsp3) is 1.00. The van der Waals surface area contributed by atoms with Gasteiger partial charge in [-0.05, 0) is 26.2 Å². The first-order valence-electron chi connectivity index (χ1n) is 3.83. The minimum atomic E-state index is -2.58. The quantitative estimate of drug-likeness (QED) is 0.507. The average Bonchev–Trinajstić information content (AvgIpc) is 1.44. The summed E-state index contributed by atoms with van der Waals surface area (Å²) in [5.41, 5.74) is 0. The highest BCUT2D eigenvalue weighted by atomic mass is 31.2. The van der Waals surface area contributed by atoms with E-state index in [-0.39, 0.29) is 0 Å². The van der Waals surface area contributed by atoms with Gasteiger partial charge in [-0.1, -0.05) is 0 Å². The van der Waals surface area contributed by atoms with E-state index in [0.29, 0.717) is 0 Å². The summed E-state index contributed by atoms with van der Waals surface area (Å²) in [4.78, 5) is 9.70. The van der Waals surface area contributed by atoms with Crippen molar-refractivity contribution in [3.05, 3.63) is 0 Å². The molecule has 0 saturated carbocycles.